The molecule has 0 saturated carbocycles. The molecule has 0 bridgehead atoms. The topological polar surface area (TPSA) is 26.3 Å². The molecule has 46 heavy (non-hydrogen) atoms. The van der Waals surface area contributed by atoms with Crippen LogP contribution in [0.4, 0.5) is 119 Å². The van der Waals surface area contributed by atoms with Crippen LogP contribution in [0, 0.1) is 0 Å². The predicted molar refractivity (Wildman–Crippen MR) is 86.3 cm³/mol. The fraction of sp³-hybridized carbons (Fsp3) is 0.824. The van der Waals surface area contributed by atoms with Gasteiger partial charge in [-0.05, 0) is 6.92 Å². The molecule has 0 heterocycles. The van der Waals surface area contributed by atoms with Gasteiger partial charge < -0.3 is 4.74 Å². The van der Waals surface area contributed by atoms with Crippen molar-refractivity contribution in [3.05, 3.63) is 12.2 Å². The normalized spacial score (nSPS) is 16.4. The second-order valence-electron chi connectivity index (χ2n) is 8.51. The summed E-state index contributed by atoms with van der Waals surface area (Å²) in [4.78, 5) is 10.8. The van der Waals surface area contributed by atoms with E-state index >= 15 is 0 Å². The van der Waals surface area contributed by atoms with Crippen LogP contribution in [0.1, 0.15) is 6.92 Å². The lowest BCUT2D eigenvalue weighted by atomic mass is 9.82. The second-order valence-corrected chi connectivity index (χ2v) is 8.51. The maximum Gasteiger partial charge on any atom is 0.473 e. The van der Waals surface area contributed by atoms with E-state index in [9.17, 15) is 123 Å². The van der Waals surface area contributed by atoms with Crippen molar-refractivity contribution in [3.8, 4) is 0 Å². The Morgan fingerprint density at radius 3 is 0.783 bits per heavy atom. The summed E-state index contributed by atoms with van der Waals surface area (Å²) >= 11 is 0. The van der Waals surface area contributed by atoms with Crippen LogP contribution in [0.3, 0.4) is 0 Å². The molecule has 0 aromatic rings. The molecule has 0 aromatic carbocycles. The van der Waals surface area contributed by atoms with E-state index in [0.29, 0.717) is 0 Å². The first-order valence-electron chi connectivity index (χ1n) is 9.82. The smallest absolute Gasteiger partial charge is 0.393 e. The zero-order chi connectivity index (χ0) is 38.4. The van der Waals surface area contributed by atoms with E-state index < -0.39 is 89.0 Å². The highest BCUT2D eigenvalue weighted by Gasteiger charge is 3.01. The number of halogens is 27. The molecule has 0 N–H and O–H groups in total. The minimum absolute atomic E-state index is 0.177. The highest BCUT2D eigenvalue weighted by molar-refractivity contribution is 5.87. The molecule has 0 saturated heterocycles. The van der Waals surface area contributed by atoms with Crippen molar-refractivity contribution >= 4 is 5.97 Å². The van der Waals surface area contributed by atoms with Crippen molar-refractivity contribution in [1.82, 2.24) is 0 Å². The van der Waals surface area contributed by atoms with Gasteiger partial charge in [0.15, 0.2) is 0 Å². The third-order valence-electron chi connectivity index (χ3n) is 5.30. The quantitative estimate of drug-likeness (QED) is 0.113. The molecule has 274 valence electrons. The Morgan fingerprint density at radius 2 is 0.587 bits per heavy atom. The number of rotatable bonds is 12. The minimum Gasteiger partial charge on any atom is -0.393 e. The van der Waals surface area contributed by atoms with E-state index in [1.54, 1.807) is 0 Å². The Kier molecular flexibility index (Phi) is 10.0. The summed E-state index contributed by atoms with van der Waals surface area (Å²) in [5.41, 5.74) is -10.8. The van der Waals surface area contributed by atoms with E-state index in [2.05, 4.69) is 11.3 Å². The number of hydrogen-bond donors (Lipinski definition) is 0. The van der Waals surface area contributed by atoms with Crippen LogP contribution in [0.2, 0.25) is 0 Å². The van der Waals surface area contributed by atoms with Gasteiger partial charge in [-0.25, -0.2) is 9.18 Å². The van der Waals surface area contributed by atoms with Crippen LogP contribution in [0.25, 0.3) is 0 Å². The van der Waals surface area contributed by atoms with Crippen LogP contribution in [-0.4, -0.2) is 83.4 Å². The zero-order valence-electron chi connectivity index (χ0n) is 20.2. The molecule has 0 aliphatic carbocycles. The van der Waals surface area contributed by atoms with Gasteiger partial charge in [0.1, 0.15) is 0 Å². The molecule has 0 aromatic heterocycles. The molecule has 0 unspecified atom stereocenters. The van der Waals surface area contributed by atoms with E-state index in [-0.39, 0.29) is 6.92 Å². The Morgan fingerprint density at radius 1 is 0.391 bits per heavy atom. The van der Waals surface area contributed by atoms with E-state index in [0.717, 1.165) is 0 Å². The van der Waals surface area contributed by atoms with Crippen molar-refractivity contribution in [2.24, 2.45) is 0 Å². The molecule has 29 heteroatoms. The minimum atomic E-state index is -9.89. The van der Waals surface area contributed by atoms with Gasteiger partial charge in [-0.1, -0.05) is 6.58 Å². The van der Waals surface area contributed by atoms with Crippen molar-refractivity contribution < 1.29 is 128 Å². The van der Waals surface area contributed by atoms with Crippen molar-refractivity contribution in [1.29, 1.82) is 0 Å². The molecule has 0 amide bonds. The third-order valence-corrected chi connectivity index (χ3v) is 5.30. The maximum atomic E-state index is 13.7. The van der Waals surface area contributed by atoms with Gasteiger partial charge in [-0.3, -0.25) is 0 Å². The molecular weight excluding hydrogens is 749 g/mol. The first kappa shape index (κ1) is 43.3. The first-order chi connectivity index (χ1) is 19.3. The molecule has 0 fully saturated rings. The molecule has 0 radical (unpaired) electrons. The summed E-state index contributed by atoms with van der Waals surface area (Å²) in [6.45, 7) is 2.48. The average Bonchev–Trinajstić information content (AvgIpc) is 2.80. The third kappa shape index (κ3) is 5.14. The SMILES string of the molecule is C=C(C)C(=O)OC(F)(F)C(F)(F)C(F)(F)C(F)(F)C(F)(F)C(F)(F)C(F)(F)C(F)(F)C(F)(F)C(F)(F)C(F)(C(F)(F)F)C(F)(F)F. The van der Waals surface area contributed by atoms with Crippen LogP contribution in [0.15, 0.2) is 12.2 Å². The second kappa shape index (κ2) is 10.7. The van der Waals surface area contributed by atoms with Crippen molar-refractivity contribution in [2.75, 3.05) is 0 Å². The maximum absolute atomic E-state index is 13.7. The largest absolute Gasteiger partial charge is 0.473 e. The Bertz CT molecular complexity index is 1160. The highest BCUT2D eigenvalue weighted by atomic mass is 19.4. The Balaban J connectivity index is 7.56. The number of hydrogen-bond acceptors (Lipinski definition) is 2. The van der Waals surface area contributed by atoms with Crippen LogP contribution in [-0.2, 0) is 9.53 Å². The number of carbonyl (C=O) groups excluding carboxylic acids is 1. The van der Waals surface area contributed by atoms with Gasteiger partial charge in [0.05, 0.1) is 0 Å². The Hall–Kier alpha value is -2.68. The molecule has 0 aliphatic rings. The van der Waals surface area contributed by atoms with Gasteiger partial charge in [0.25, 0.3) is 0 Å². The van der Waals surface area contributed by atoms with E-state index in [1.165, 1.54) is 0 Å². The lowest BCUT2D eigenvalue weighted by molar-refractivity contribution is -0.491. The molecule has 0 atom stereocenters. The molecule has 0 aliphatic heterocycles. The highest BCUT2D eigenvalue weighted by Crippen LogP contribution is 2.69. The number of esters is 1. The van der Waals surface area contributed by atoms with Crippen LogP contribution >= 0.6 is 0 Å². The van der Waals surface area contributed by atoms with Crippen LogP contribution in [0.5, 0.6) is 0 Å². The summed E-state index contributed by atoms with van der Waals surface area (Å²) in [5.74, 6) is -89.1. The molecule has 0 spiro atoms. The number of carbonyl (C=O) groups is 1. The van der Waals surface area contributed by atoms with Gasteiger partial charge in [0, 0.05) is 5.57 Å². The Labute approximate surface area is 232 Å². The fourth-order valence-electron chi connectivity index (χ4n) is 2.56. The monoisotopic (exact) mass is 754 g/mol. The fourth-order valence-corrected chi connectivity index (χ4v) is 2.56. The summed E-state index contributed by atoms with van der Waals surface area (Å²) in [6, 6.07) is 0. The van der Waals surface area contributed by atoms with Gasteiger partial charge >= 0.3 is 83.4 Å². The molecular formula is C17H5F27O2. The van der Waals surface area contributed by atoms with E-state index in [4.69, 9.17) is 0 Å². The molecule has 2 nitrogen and oxygen atoms in total. The van der Waals surface area contributed by atoms with Gasteiger partial charge in [-0.2, -0.15) is 114 Å². The zero-order valence-corrected chi connectivity index (χ0v) is 20.2. The van der Waals surface area contributed by atoms with Gasteiger partial charge in [0.2, 0.25) is 0 Å². The summed E-state index contributed by atoms with van der Waals surface area (Å²) in [7, 11) is 0. The van der Waals surface area contributed by atoms with Crippen LogP contribution < -0.4 is 0 Å². The standard InChI is InChI=1S/C17H5F27O2/c1-3(2)4(45)46-17(43,44)14(35,36)13(33,34)12(31,32)11(29,30)10(27,28)9(25,26)8(23,24)7(21,22)6(19,20)5(18,15(37,38)39)16(40,41)42/h1H2,2H3. The van der Waals surface area contributed by atoms with Crippen molar-refractivity contribution in [3.63, 3.8) is 0 Å². The van der Waals surface area contributed by atoms with Crippen molar-refractivity contribution in [2.45, 2.75) is 84.4 Å². The number of ether oxygens (including phenoxy) is 1. The predicted octanol–water partition coefficient (Wildman–Crippen LogP) is 9.25. The summed E-state index contributed by atoms with van der Waals surface area (Å²) < 4.78 is 363. The average molecular weight is 754 g/mol. The lowest BCUT2D eigenvalue weighted by Crippen LogP contribution is -2.79. The molecule has 0 rings (SSSR count). The summed E-state index contributed by atoms with van der Waals surface area (Å²) in [6.07, 6.45) is -25.1. The number of alkyl halides is 27. The lowest BCUT2D eigenvalue weighted by Gasteiger charge is -2.46. The summed E-state index contributed by atoms with van der Waals surface area (Å²) in [5, 5.41) is 0. The first-order valence-corrected chi connectivity index (χ1v) is 9.82. The van der Waals surface area contributed by atoms with Gasteiger partial charge in [-0.15, -0.1) is 0 Å². The van der Waals surface area contributed by atoms with E-state index in [1.807, 2.05) is 0 Å².